The van der Waals surface area contributed by atoms with E-state index in [0.29, 0.717) is 5.82 Å². The molecule has 5 nitrogen and oxygen atoms in total. The number of anilines is 1. The van der Waals surface area contributed by atoms with E-state index in [9.17, 15) is 4.79 Å². The van der Waals surface area contributed by atoms with Crippen LogP contribution in [0.1, 0.15) is 11.5 Å². The standard InChI is InChI=1S/C8H11N3O2/c1-5-8-9-2-3-11(8)6(10-5)4-7(12)13/h9H,2-4H2,1H3,(H,12,13). The fourth-order valence-corrected chi connectivity index (χ4v) is 1.65. The van der Waals surface area contributed by atoms with Gasteiger partial charge in [-0.25, -0.2) is 4.98 Å². The van der Waals surface area contributed by atoms with Crippen molar-refractivity contribution < 1.29 is 9.90 Å². The number of hydrogen-bond donors (Lipinski definition) is 2. The van der Waals surface area contributed by atoms with Gasteiger partial charge in [-0.1, -0.05) is 0 Å². The Balaban J connectivity index is 2.36. The predicted octanol–water partition coefficient (Wildman–Crippen LogP) is 0.244. The van der Waals surface area contributed by atoms with Crippen LogP contribution in [0.3, 0.4) is 0 Å². The predicted molar refractivity (Wildman–Crippen MR) is 46.8 cm³/mol. The molecule has 0 bridgehead atoms. The molecule has 1 aromatic rings. The summed E-state index contributed by atoms with van der Waals surface area (Å²) in [6, 6.07) is 0. The van der Waals surface area contributed by atoms with Gasteiger partial charge in [0.05, 0.1) is 5.69 Å². The Morgan fingerprint density at radius 3 is 3.23 bits per heavy atom. The van der Waals surface area contributed by atoms with Gasteiger partial charge in [-0.3, -0.25) is 4.79 Å². The van der Waals surface area contributed by atoms with Crippen LogP contribution in [0.4, 0.5) is 5.82 Å². The molecule has 0 saturated carbocycles. The topological polar surface area (TPSA) is 67.1 Å². The molecule has 1 aliphatic rings. The lowest BCUT2D eigenvalue weighted by Crippen LogP contribution is -2.08. The molecule has 0 amide bonds. The van der Waals surface area contributed by atoms with Crippen molar-refractivity contribution in [1.82, 2.24) is 9.55 Å². The van der Waals surface area contributed by atoms with Crippen LogP contribution < -0.4 is 5.32 Å². The Morgan fingerprint density at radius 2 is 2.54 bits per heavy atom. The monoisotopic (exact) mass is 181 g/mol. The maximum Gasteiger partial charge on any atom is 0.311 e. The molecule has 0 atom stereocenters. The molecule has 0 fully saturated rings. The first-order valence-corrected chi connectivity index (χ1v) is 4.20. The Kier molecular flexibility index (Phi) is 1.72. The van der Waals surface area contributed by atoms with Gasteiger partial charge in [0.2, 0.25) is 0 Å². The highest BCUT2D eigenvalue weighted by Crippen LogP contribution is 2.21. The largest absolute Gasteiger partial charge is 0.481 e. The maximum absolute atomic E-state index is 10.5. The lowest BCUT2D eigenvalue weighted by Gasteiger charge is -1.98. The lowest BCUT2D eigenvalue weighted by atomic mass is 10.4. The molecule has 0 radical (unpaired) electrons. The molecular formula is C8H11N3O2. The molecule has 2 rings (SSSR count). The summed E-state index contributed by atoms with van der Waals surface area (Å²) in [6.45, 7) is 3.57. The third kappa shape index (κ3) is 1.26. The van der Waals surface area contributed by atoms with Crippen molar-refractivity contribution in [1.29, 1.82) is 0 Å². The van der Waals surface area contributed by atoms with E-state index in [-0.39, 0.29) is 6.42 Å². The van der Waals surface area contributed by atoms with Crippen LogP contribution in [0.15, 0.2) is 0 Å². The van der Waals surface area contributed by atoms with Crippen molar-refractivity contribution in [3.8, 4) is 0 Å². The van der Waals surface area contributed by atoms with Crippen LogP contribution >= 0.6 is 0 Å². The summed E-state index contributed by atoms with van der Waals surface area (Å²) in [5, 5.41) is 11.8. The van der Waals surface area contributed by atoms with E-state index in [0.717, 1.165) is 24.6 Å². The average molecular weight is 181 g/mol. The summed E-state index contributed by atoms with van der Waals surface area (Å²) in [4.78, 5) is 14.7. The van der Waals surface area contributed by atoms with Crippen molar-refractivity contribution in [2.24, 2.45) is 0 Å². The van der Waals surface area contributed by atoms with Crippen LogP contribution in [0.2, 0.25) is 0 Å². The molecular weight excluding hydrogens is 170 g/mol. The Hall–Kier alpha value is -1.52. The second-order valence-electron chi connectivity index (χ2n) is 3.11. The average Bonchev–Trinajstić information content (AvgIpc) is 2.56. The van der Waals surface area contributed by atoms with Crippen LogP contribution in [0.25, 0.3) is 0 Å². The van der Waals surface area contributed by atoms with Gasteiger partial charge in [0.1, 0.15) is 18.1 Å². The van der Waals surface area contributed by atoms with Crippen LogP contribution in [0.5, 0.6) is 0 Å². The van der Waals surface area contributed by atoms with Gasteiger partial charge in [-0.2, -0.15) is 0 Å². The van der Waals surface area contributed by atoms with Crippen LogP contribution in [-0.4, -0.2) is 27.2 Å². The zero-order valence-electron chi connectivity index (χ0n) is 7.37. The summed E-state index contributed by atoms with van der Waals surface area (Å²) in [5.41, 5.74) is 0.883. The maximum atomic E-state index is 10.5. The lowest BCUT2D eigenvalue weighted by molar-refractivity contribution is -0.136. The molecule has 0 saturated heterocycles. The number of aliphatic carboxylic acids is 1. The third-order valence-corrected chi connectivity index (χ3v) is 2.16. The van der Waals surface area contributed by atoms with Crippen molar-refractivity contribution >= 4 is 11.8 Å². The molecule has 0 spiro atoms. The Labute approximate surface area is 75.4 Å². The second kappa shape index (κ2) is 2.76. The number of aryl methyl sites for hydroxylation is 1. The fourth-order valence-electron chi connectivity index (χ4n) is 1.65. The third-order valence-electron chi connectivity index (χ3n) is 2.16. The van der Waals surface area contributed by atoms with Gasteiger partial charge < -0.3 is 15.0 Å². The highest BCUT2D eigenvalue weighted by atomic mass is 16.4. The smallest absolute Gasteiger partial charge is 0.311 e. The molecule has 70 valence electrons. The summed E-state index contributed by atoms with van der Waals surface area (Å²) in [5.74, 6) is 0.779. The zero-order valence-corrected chi connectivity index (χ0v) is 7.37. The number of fused-ring (bicyclic) bond motifs is 1. The van der Waals surface area contributed by atoms with Crippen molar-refractivity contribution in [2.75, 3.05) is 11.9 Å². The van der Waals surface area contributed by atoms with Gasteiger partial charge in [0.15, 0.2) is 0 Å². The number of nitrogens with zero attached hydrogens (tertiary/aromatic N) is 2. The van der Waals surface area contributed by atoms with E-state index in [1.165, 1.54) is 0 Å². The van der Waals surface area contributed by atoms with E-state index in [1.807, 2.05) is 11.5 Å². The van der Waals surface area contributed by atoms with Gasteiger partial charge >= 0.3 is 5.97 Å². The summed E-state index contributed by atoms with van der Waals surface area (Å²) in [7, 11) is 0. The molecule has 0 aromatic carbocycles. The van der Waals surface area contributed by atoms with E-state index in [2.05, 4.69) is 10.3 Å². The van der Waals surface area contributed by atoms with Crippen LogP contribution in [-0.2, 0) is 17.8 Å². The number of hydrogen-bond acceptors (Lipinski definition) is 3. The first kappa shape index (κ1) is 8.10. The van der Waals surface area contributed by atoms with Crippen molar-refractivity contribution in [3.05, 3.63) is 11.5 Å². The highest BCUT2D eigenvalue weighted by molar-refractivity contribution is 5.69. The quantitative estimate of drug-likeness (QED) is 0.686. The Morgan fingerprint density at radius 1 is 1.77 bits per heavy atom. The van der Waals surface area contributed by atoms with Crippen molar-refractivity contribution in [2.45, 2.75) is 19.9 Å². The van der Waals surface area contributed by atoms with Gasteiger partial charge in [0, 0.05) is 13.1 Å². The minimum atomic E-state index is -0.834. The number of carboxylic acid groups (broad SMARTS) is 1. The van der Waals surface area contributed by atoms with Crippen molar-refractivity contribution in [3.63, 3.8) is 0 Å². The van der Waals surface area contributed by atoms with Gasteiger partial charge in [-0.05, 0) is 6.92 Å². The van der Waals surface area contributed by atoms with E-state index < -0.39 is 5.97 Å². The number of carbonyl (C=O) groups is 1. The molecule has 0 aliphatic carbocycles. The molecule has 2 N–H and O–H groups in total. The molecule has 1 aliphatic heterocycles. The number of imidazole rings is 1. The molecule has 1 aromatic heterocycles. The second-order valence-corrected chi connectivity index (χ2v) is 3.11. The summed E-state index contributed by atoms with van der Waals surface area (Å²) < 4.78 is 1.93. The summed E-state index contributed by atoms with van der Waals surface area (Å²) >= 11 is 0. The minimum Gasteiger partial charge on any atom is -0.481 e. The van der Waals surface area contributed by atoms with Crippen LogP contribution in [0, 0.1) is 6.92 Å². The Bertz CT molecular complexity index is 357. The number of aromatic nitrogens is 2. The summed E-state index contributed by atoms with van der Waals surface area (Å²) in [6.07, 6.45) is 0.00250. The first-order chi connectivity index (χ1) is 6.18. The van der Waals surface area contributed by atoms with Gasteiger partial charge in [-0.15, -0.1) is 0 Å². The SMILES string of the molecule is Cc1nc(CC(=O)O)n2c1NCC2. The minimum absolute atomic E-state index is 0.00250. The number of rotatable bonds is 2. The van der Waals surface area contributed by atoms with E-state index in [4.69, 9.17) is 5.11 Å². The number of nitrogens with one attached hydrogen (secondary N) is 1. The normalized spacial score (nSPS) is 13.9. The van der Waals surface area contributed by atoms with E-state index >= 15 is 0 Å². The van der Waals surface area contributed by atoms with Gasteiger partial charge in [0.25, 0.3) is 0 Å². The molecule has 2 heterocycles. The molecule has 5 heteroatoms. The van der Waals surface area contributed by atoms with E-state index in [1.54, 1.807) is 0 Å². The molecule has 13 heavy (non-hydrogen) atoms. The molecule has 0 unspecified atom stereocenters. The highest BCUT2D eigenvalue weighted by Gasteiger charge is 2.19. The first-order valence-electron chi connectivity index (χ1n) is 4.20. The number of carboxylic acids is 1. The zero-order chi connectivity index (χ0) is 9.42. The fraction of sp³-hybridized carbons (Fsp3) is 0.500.